The molecule has 2 N–H and O–H groups in total. The lowest BCUT2D eigenvalue weighted by molar-refractivity contribution is 0.0956. The number of hydrogen-bond acceptors (Lipinski definition) is 4. The second-order valence-electron chi connectivity index (χ2n) is 7.82. The van der Waals surface area contributed by atoms with Crippen LogP contribution in [-0.4, -0.2) is 26.6 Å². The summed E-state index contributed by atoms with van der Waals surface area (Å²) in [7, 11) is -3.83. The van der Waals surface area contributed by atoms with Crippen LogP contribution in [0, 0.1) is 27.7 Å². The Kier molecular flexibility index (Phi) is 7.64. The topological polar surface area (TPSA) is 75.3 Å². The van der Waals surface area contributed by atoms with Crippen LogP contribution in [0.3, 0.4) is 0 Å². The van der Waals surface area contributed by atoms with Gasteiger partial charge >= 0.3 is 0 Å². The highest BCUT2D eigenvalue weighted by Crippen LogP contribution is 2.24. The van der Waals surface area contributed by atoms with Crippen molar-refractivity contribution in [3.63, 3.8) is 0 Å². The molecule has 0 unspecified atom stereocenters. The first-order valence-electron chi connectivity index (χ1n) is 10.3. The molecule has 5 nitrogen and oxygen atoms in total. The maximum atomic E-state index is 13.0. The number of amides is 1. The monoisotopic (exact) mass is 468 g/mol. The fourth-order valence-electron chi connectivity index (χ4n) is 3.23. The Hall–Kier alpha value is -2.77. The van der Waals surface area contributed by atoms with Gasteiger partial charge in [-0.3, -0.25) is 9.52 Å². The zero-order valence-corrected chi connectivity index (χ0v) is 20.4. The predicted octanol–water partition coefficient (Wildman–Crippen LogP) is 5.24. The third-order valence-electron chi connectivity index (χ3n) is 5.04. The van der Waals surface area contributed by atoms with E-state index in [1.165, 1.54) is 11.6 Å². The quantitative estimate of drug-likeness (QED) is 0.350. The minimum atomic E-state index is -3.83. The molecule has 0 saturated heterocycles. The number of hydrogen-bond donors (Lipinski definition) is 2. The lowest BCUT2D eigenvalue weighted by Crippen LogP contribution is -2.26. The highest BCUT2D eigenvalue weighted by molar-refractivity contribution is 7.99. The van der Waals surface area contributed by atoms with Gasteiger partial charge in [0.05, 0.1) is 10.6 Å². The standard InChI is InChI=1S/C25H28N2O3S2/c1-17-5-10-22(11-6-17)31-14-13-26-25(28)21-9-8-19(3)24(16-21)32(29,30)27-23-12-7-18(2)15-20(23)4/h5-12,15-16,27H,13-14H2,1-4H3,(H,26,28). The fraction of sp³-hybridized carbons (Fsp3) is 0.240. The van der Waals surface area contributed by atoms with Crippen molar-refractivity contribution >= 4 is 33.4 Å². The highest BCUT2D eigenvalue weighted by atomic mass is 32.2. The van der Waals surface area contributed by atoms with E-state index in [0.29, 0.717) is 23.4 Å². The number of thioether (sulfide) groups is 1. The molecule has 3 rings (SSSR count). The largest absolute Gasteiger partial charge is 0.351 e. The molecule has 3 aromatic rings. The molecule has 0 saturated carbocycles. The van der Waals surface area contributed by atoms with Gasteiger partial charge in [0, 0.05) is 22.8 Å². The van der Waals surface area contributed by atoms with Gasteiger partial charge in [-0.2, -0.15) is 0 Å². The summed E-state index contributed by atoms with van der Waals surface area (Å²) in [6.45, 7) is 8.06. The predicted molar refractivity (Wildman–Crippen MR) is 132 cm³/mol. The van der Waals surface area contributed by atoms with Crippen molar-refractivity contribution in [2.45, 2.75) is 37.5 Å². The average Bonchev–Trinajstić information content (AvgIpc) is 2.74. The van der Waals surface area contributed by atoms with Crippen LogP contribution in [0.5, 0.6) is 0 Å². The summed E-state index contributed by atoms with van der Waals surface area (Å²) in [5.41, 5.74) is 4.52. The maximum absolute atomic E-state index is 13.0. The summed E-state index contributed by atoms with van der Waals surface area (Å²) in [5.74, 6) is 0.428. The molecule has 0 aliphatic heterocycles. The molecule has 0 spiro atoms. The van der Waals surface area contributed by atoms with Gasteiger partial charge in [-0.25, -0.2) is 8.42 Å². The minimum Gasteiger partial charge on any atom is -0.351 e. The Morgan fingerprint density at radius 2 is 1.53 bits per heavy atom. The van der Waals surface area contributed by atoms with E-state index in [9.17, 15) is 13.2 Å². The molecule has 0 heterocycles. The van der Waals surface area contributed by atoms with Gasteiger partial charge < -0.3 is 5.32 Å². The molecule has 0 atom stereocenters. The van der Waals surface area contributed by atoms with E-state index in [1.54, 1.807) is 36.9 Å². The average molecular weight is 469 g/mol. The Balaban J connectivity index is 1.67. The zero-order valence-electron chi connectivity index (χ0n) is 18.7. The van der Waals surface area contributed by atoms with Crippen LogP contribution < -0.4 is 10.0 Å². The number of rotatable bonds is 8. The number of aryl methyl sites for hydroxylation is 4. The van der Waals surface area contributed by atoms with Crippen LogP contribution >= 0.6 is 11.8 Å². The number of anilines is 1. The summed E-state index contributed by atoms with van der Waals surface area (Å²) in [5, 5.41) is 2.87. The summed E-state index contributed by atoms with van der Waals surface area (Å²) >= 11 is 1.66. The van der Waals surface area contributed by atoms with E-state index in [-0.39, 0.29) is 10.8 Å². The third kappa shape index (κ3) is 6.14. The molecular formula is C25H28N2O3S2. The Morgan fingerprint density at radius 3 is 2.22 bits per heavy atom. The molecule has 0 radical (unpaired) electrons. The number of nitrogens with one attached hydrogen (secondary N) is 2. The van der Waals surface area contributed by atoms with Gasteiger partial charge in [0.1, 0.15) is 0 Å². The van der Waals surface area contributed by atoms with Crippen molar-refractivity contribution in [1.82, 2.24) is 5.32 Å². The zero-order chi connectivity index (χ0) is 23.3. The second kappa shape index (κ2) is 10.2. The lowest BCUT2D eigenvalue weighted by Gasteiger charge is -2.14. The first kappa shape index (κ1) is 23.9. The molecule has 3 aromatic carbocycles. The summed E-state index contributed by atoms with van der Waals surface area (Å²) in [6.07, 6.45) is 0. The number of sulfonamides is 1. The van der Waals surface area contributed by atoms with Gasteiger partial charge in [0.25, 0.3) is 15.9 Å². The first-order chi connectivity index (χ1) is 15.2. The van der Waals surface area contributed by atoms with Crippen LogP contribution in [0.1, 0.15) is 32.6 Å². The summed E-state index contributed by atoms with van der Waals surface area (Å²) < 4.78 is 28.7. The number of carbonyl (C=O) groups excluding carboxylic acids is 1. The van der Waals surface area contributed by atoms with Gasteiger partial charge in [-0.15, -0.1) is 11.8 Å². The fourth-order valence-corrected chi connectivity index (χ4v) is 5.40. The van der Waals surface area contributed by atoms with E-state index < -0.39 is 10.0 Å². The molecule has 0 aliphatic carbocycles. The molecule has 32 heavy (non-hydrogen) atoms. The summed E-state index contributed by atoms with van der Waals surface area (Å²) in [4.78, 5) is 13.8. The third-order valence-corrected chi connectivity index (χ3v) is 7.56. The SMILES string of the molecule is Cc1ccc(SCCNC(=O)c2ccc(C)c(S(=O)(=O)Nc3ccc(C)cc3C)c2)cc1. The molecule has 0 bridgehead atoms. The van der Waals surface area contributed by atoms with Gasteiger partial charge in [0.2, 0.25) is 0 Å². The summed E-state index contributed by atoms with van der Waals surface area (Å²) in [6, 6.07) is 18.5. The normalized spacial score (nSPS) is 11.2. The number of carbonyl (C=O) groups is 1. The van der Waals surface area contributed by atoms with Crippen molar-refractivity contribution in [2.75, 3.05) is 17.0 Å². The van der Waals surface area contributed by atoms with Crippen LogP contribution in [0.15, 0.2) is 70.5 Å². The molecule has 168 valence electrons. The molecule has 1 amide bonds. The molecule has 0 fully saturated rings. The van der Waals surface area contributed by atoms with Crippen LogP contribution in [0.2, 0.25) is 0 Å². The van der Waals surface area contributed by atoms with Crippen LogP contribution in [0.25, 0.3) is 0 Å². The van der Waals surface area contributed by atoms with Crippen molar-refractivity contribution in [2.24, 2.45) is 0 Å². The smallest absolute Gasteiger partial charge is 0.262 e. The van der Waals surface area contributed by atoms with E-state index in [1.807, 2.05) is 32.9 Å². The van der Waals surface area contributed by atoms with Crippen LogP contribution in [0.4, 0.5) is 5.69 Å². The second-order valence-corrected chi connectivity index (χ2v) is 10.6. The highest BCUT2D eigenvalue weighted by Gasteiger charge is 2.20. The number of benzene rings is 3. The molecular weight excluding hydrogens is 440 g/mol. The molecule has 0 aromatic heterocycles. The molecule has 0 aliphatic rings. The van der Waals surface area contributed by atoms with Crippen LogP contribution in [-0.2, 0) is 10.0 Å². The molecule has 7 heteroatoms. The Morgan fingerprint density at radius 1 is 0.844 bits per heavy atom. The van der Waals surface area contributed by atoms with Crippen molar-refractivity contribution in [3.05, 3.63) is 88.5 Å². The van der Waals surface area contributed by atoms with Gasteiger partial charge in [0.15, 0.2) is 0 Å². The van der Waals surface area contributed by atoms with E-state index >= 15 is 0 Å². The minimum absolute atomic E-state index is 0.0964. The van der Waals surface area contributed by atoms with E-state index in [2.05, 4.69) is 34.3 Å². The van der Waals surface area contributed by atoms with E-state index in [4.69, 9.17) is 0 Å². The maximum Gasteiger partial charge on any atom is 0.262 e. The van der Waals surface area contributed by atoms with Crippen molar-refractivity contribution in [3.8, 4) is 0 Å². The van der Waals surface area contributed by atoms with Crippen molar-refractivity contribution < 1.29 is 13.2 Å². The lowest BCUT2D eigenvalue weighted by atomic mass is 10.1. The first-order valence-corrected chi connectivity index (χ1v) is 12.8. The Labute approximate surface area is 194 Å². The van der Waals surface area contributed by atoms with Crippen molar-refractivity contribution in [1.29, 1.82) is 0 Å². The van der Waals surface area contributed by atoms with Gasteiger partial charge in [-0.05, 0) is 69.2 Å². The van der Waals surface area contributed by atoms with Gasteiger partial charge in [-0.1, -0.05) is 41.5 Å². The Bertz CT molecular complexity index is 1220. The van der Waals surface area contributed by atoms with E-state index in [0.717, 1.165) is 21.8 Å².